The van der Waals surface area contributed by atoms with Crippen molar-refractivity contribution in [3.8, 4) is 0 Å². The second-order valence-electron chi connectivity index (χ2n) is 7.53. The topological polar surface area (TPSA) is 117 Å². The lowest BCUT2D eigenvalue weighted by Gasteiger charge is -2.30. The van der Waals surface area contributed by atoms with E-state index in [1.54, 1.807) is 11.0 Å². The molecule has 2 amide bonds. The molecule has 4 N–H and O–H groups in total. The van der Waals surface area contributed by atoms with Crippen LogP contribution in [0.15, 0.2) is 42.7 Å². The number of hydrogen-bond acceptors (Lipinski definition) is 5. The minimum Gasteiger partial charge on any atom is -0.383 e. The number of benzene rings is 1. The van der Waals surface area contributed by atoms with Crippen LogP contribution in [0.2, 0.25) is 0 Å². The molecule has 1 aliphatic rings. The van der Waals surface area contributed by atoms with Crippen LogP contribution in [0.5, 0.6) is 0 Å². The number of pyridine rings is 1. The summed E-state index contributed by atoms with van der Waals surface area (Å²) in [5.41, 5.74) is 6.08. The maximum absolute atomic E-state index is 12.2. The van der Waals surface area contributed by atoms with Gasteiger partial charge in [-0.25, -0.2) is 4.98 Å². The average Bonchev–Trinajstić information content (AvgIpc) is 3.27. The molecule has 1 aromatic carbocycles. The smallest absolute Gasteiger partial charge is 0.383 e. The molecule has 3 heterocycles. The van der Waals surface area contributed by atoms with E-state index in [1.807, 2.05) is 0 Å². The van der Waals surface area contributed by atoms with Gasteiger partial charge >= 0.3 is 18.0 Å². The predicted octanol–water partition coefficient (Wildman–Crippen LogP) is 3.44. The lowest BCUT2D eigenvalue weighted by molar-refractivity contribution is -0.144. The van der Waals surface area contributed by atoms with E-state index in [9.17, 15) is 22.8 Å². The van der Waals surface area contributed by atoms with Gasteiger partial charge in [0.15, 0.2) is 0 Å². The Kier molecular flexibility index (Phi) is 6.96. The van der Waals surface area contributed by atoms with Crippen molar-refractivity contribution in [1.82, 2.24) is 20.1 Å². The third kappa shape index (κ3) is 5.54. The quantitative estimate of drug-likeness (QED) is 0.493. The summed E-state index contributed by atoms with van der Waals surface area (Å²) < 4.78 is 35.4. The van der Waals surface area contributed by atoms with Gasteiger partial charge in [0.25, 0.3) is 0 Å². The van der Waals surface area contributed by atoms with E-state index in [-0.39, 0.29) is 0 Å². The molecule has 0 aliphatic carbocycles. The van der Waals surface area contributed by atoms with Gasteiger partial charge in [0.1, 0.15) is 5.82 Å². The number of aromatic amines is 1. The standard InChI is InChI=1S/C14H18N6O2.C7H5F3/c1-8-3-2-4-20(7-8)14(22)13(21)18-10-6-16-12(15)9-5-17-19-11(9)10;8-7(9,10)6-4-2-1-3-5-6/h5-6,8H,2-4,7H2,1H3,(H2,15,16)(H,17,19)(H,18,21);1-5H. The van der Waals surface area contributed by atoms with Gasteiger partial charge < -0.3 is 16.0 Å². The Morgan fingerprint density at radius 1 is 1.22 bits per heavy atom. The zero-order valence-electron chi connectivity index (χ0n) is 17.3. The summed E-state index contributed by atoms with van der Waals surface area (Å²) in [4.78, 5) is 30.0. The minimum atomic E-state index is -4.21. The Morgan fingerprint density at radius 2 is 1.94 bits per heavy atom. The number of nitrogen functional groups attached to an aromatic ring is 1. The van der Waals surface area contributed by atoms with Crippen LogP contribution < -0.4 is 11.1 Å². The molecule has 0 saturated carbocycles. The molecule has 4 rings (SSSR count). The normalized spacial score (nSPS) is 16.2. The summed E-state index contributed by atoms with van der Waals surface area (Å²) in [6.45, 7) is 3.32. The van der Waals surface area contributed by atoms with Crippen molar-refractivity contribution < 1.29 is 22.8 Å². The first kappa shape index (κ1) is 23.0. The minimum absolute atomic E-state index is 0.318. The maximum Gasteiger partial charge on any atom is 0.416 e. The fourth-order valence-corrected chi connectivity index (χ4v) is 3.37. The largest absolute Gasteiger partial charge is 0.416 e. The number of likely N-dealkylation sites (tertiary alicyclic amines) is 1. The molecular formula is C21H23F3N6O2. The number of nitrogens with two attached hydrogens (primary N) is 1. The molecular weight excluding hydrogens is 425 g/mol. The van der Waals surface area contributed by atoms with Crippen molar-refractivity contribution in [3.63, 3.8) is 0 Å². The summed E-state index contributed by atoms with van der Waals surface area (Å²) in [6.07, 6.45) is 0.749. The van der Waals surface area contributed by atoms with E-state index in [0.717, 1.165) is 25.0 Å². The Labute approximate surface area is 182 Å². The Morgan fingerprint density at radius 3 is 2.56 bits per heavy atom. The van der Waals surface area contributed by atoms with Crippen LogP contribution in [0.25, 0.3) is 10.9 Å². The Hall–Kier alpha value is -3.63. The number of nitrogens with one attached hydrogen (secondary N) is 2. The highest BCUT2D eigenvalue weighted by molar-refractivity contribution is 6.40. The number of alkyl halides is 3. The molecule has 0 radical (unpaired) electrons. The highest BCUT2D eigenvalue weighted by Gasteiger charge is 2.29. The lowest BCUT2D eigenvalue weighted by atomic mass is 10.0. The highest BCUT2D eigenvalue weighted by atomic mass is 19.4. The number of halogens is 3. The fraction of sp³-hybridized carbons (Fsp3) is 0.333. The first-order valence-corrected chi connectivity index (χ1v) is 9.97. The van der Waals surface area contributed by atoms with Gasteiger partial charge in [-0.3, -0.25) is 14.7 Å². The number of rotatable bonds is 1. The van der Waals surface area contributed by atoms with Crippen LogP contribution >= 0.6 is 0 Å². The zero-order chi connectivity index (χ0) is 23.3. The van der Waals surface area contributed by atoms with Crippen molar-refractivity contribution in [2.75, 3.05) is 24.1 Å². The monoisotopic (exact) mass is 448 g/mol. The predicted molar refractivity (Wildman–Crippen MR) is 113 cm³/mol. The molecule has 0 bridgehead atoms. The summed E-state index contributed by atoms with van der Waals surface area (Å²) >= 11 is 0. The molecule has 1 atom stereocenters. The highest BCUT2D eigenvalue weighted by Crippen LogP contribution is 2.28. The van der Waals surface area contributed by atoms with Gasteiger partial charge in [-0.05, 0) is 18.8 Å². The van der Waals surface area contributed by atoms with Crippen LogP contribution in [0.4, 0.5) is 24.7 Å². The first-order chi connectivity index (χ1) is 15.2. The third-order valence-electron chi connectivity index (χ3n) is 5.01. The molecule has 1 aliphatic heterocycles. The molecule has 8 nitrogen and oxygen atoms in total. The van der Waals surface area contributed by atoms with E-state index in [1.165, 1.54) is 24.5 Å². The van der Waals surface area contributed by atoms with Crippen LogP contribution in [0, 0.1) is 5.92 Å². The summed E-state index contributed by atoms with van der Waals surface area (Å²) in [6, 6.07) is 6.36. The van der Waals surface area contributed by atoms with Crippen molar-refractivity contribution in [3.05, 3.63) is 48.3 Å². The van der Waals surface area contributed by atoms with E-state index in [2.05, 4.69) is 27.4 Å². The van der Waals surface area contributed by atoms with Gasteiger partial charge in [-0.15, -0.1) is 0 Å². The third-order valence-corrected chi connectivity index (χ3v) is 5.01. The summed E-state index contributed by atoms with van der Waals surface area (Å²) in [5, 5.41) is 9.83. The van der Waals surface area contributed by atoms with E-state index in [4.69, 9.17) is 5.73 Å². The number of aromatic nitrogens is 3. The van der Waals surface area contributed by atoms with Crippen LogP contribution in [0.1, 0.15) is 25.3 Å². The van der Waals surface area contributed by atoms with Gasteiger partial charge in [0, 0.05) is 13.1 Å². The molecule has 2 aromatic heterocycles. The molecule has 1 fully saturated rings. The Bertz CT molecular complexity index is 1080. The van der Waals surface area contributed by atoms with Gasteiger partial charge in [0.05, 0.1) is 34.5 Å². The Balaban J connectivity index is 0.000000243. The second kappa shape index (κ2) is 9.67. The maximum atomic E-state index is 12.2. The molecule has 3 aromatic rings. The summed E-state index contributed by atoms with van der Waals surface area (Å²) in [7, 11) is 0. The molecule has 1 unspecified atom stereocenters. The van der Waals surface area contributed by atoms with Gasteiger partial charge in [0.2, 0.25) is 0 Å². The van der Waals surface area contributed by atoms with Gasteiger partial charge in [-0.2, -0.15) is 18.3 Å². The zero-order valence-corrected chi connectivity index (χ0v) is 17.3. The van der Waals surface area contributed by atoms with Crippen LogP contribution in [-0.4, -0.2) is 45.0 Å². The molecule has 32 heavy (non-hydrogen) atoms. The fourth-order valence-electron chi connectivity index (χ4n) is 3.37. The van der Waals surface area contributed by atoms with E-state index >= 15 is 0 Å². The van der Waals surface area contributed by atoms with Crippen LogP contribution in [-0.2, 0) is 15.8 Å². The number of amides is 2. The number of H-pyrrole nitrogens is 1. The molecule has 1 saturated heterocycles. The lowest BCUT2D eigenvalue weighted by Crippen LogP contribution is -2.44. The van der Waals surface area contributed by atoms with E-state index in [0.29, 0.717) is 41.4 Å². The average molecular weight is 448 g/mol. The van der Waals surface area contributed by atoms with Crippen molar-refractivity contribution in [1.29, 1.82) is 0 Å². The number of hydrogen-bond donors (Lipinski definition) is 3. The van der Waals surface area contributed by atoms with Crippen molar-refractivity contribution in [2.24, 2.45) is 5.92 Å². The first-order valence-electron chi connectivity index (χ1n) is 9.97. The number of carbonyl (C=O) groups is 2. The molecule has 170 valence electrons. The second-order valence-corrected chi connectivity index (χ2v) is 7.53. The number of nitrogens with zero attached hydrogens (tertiary/aromatic N) is 3. The van der Waals surface area contributed by atoms with E-state index < -0.39 is 23.6 Å². The summed E-state index contributed by atoms with van der Waals surface area (Å²) in [5.74, 6) is -0.450. The number of piperidine rings is 1. The van der Waals surface area contributed by atoms with Crippen molar-refractivity contribution >= 4 is 34.2 Å². The number of carbonyl (C=O) groups excluding carboxylic acids is 2. The number of anilines is 2. The SMILES string of the molecule is CC1CCCN(C(=O)C(=O)Nc2cnc(N)c3cn[nH]c23)C1.FC(F)(F)c1ccccc1. The molecule has 0 spiro atoms. The molecule has 11 heteroatoms. The number of fused-ring (bicyclic) bond motifs is 1. The van der Waals surface area contributed by atoms with Crippen molar-refractivity contribution in [2.45, 2.75) is 25.9 Å². The van der Waals surface area contributed by atoms with Crippen LogP contribution in [0.3, 0.4) is 0 Å². The van der Waals surface area contributed by atoms with Gasteiger partial charge in [-0.1, -0.05) is 37.3 Å².